The molecule has 2 heterocycles. The highest BCUT2D eigenvalue weighted by molar-refractivity contribution is 7.17. The smallest absolute Gasteiger partial charge is 0.348 e. The van der Waals surface area contributed by atoms with E-state index in [2.05, 4.69) is 4.98 Å². The van der Waals surface area contributed by atoms with Gasteiger partial charge in [-0.2, -0.15) is 0 Å². The minimum atomic E-state index is -0.976. The highest BCUT2D eigenvalue weighted by Gasteiger charge is 2.20. The molecule has 1 aromatic carbocycles. The van der Waals surface area contributed by atoms with E-state index in [9.17, 15) is 9.90 Å². The number of carboxylic acid groups (broad SMARTS) is 1. The zero-order chi connectivity index (χ0) is 14.1. The van der Waals surface area contributed by atoms with E-state index in [-0.39, 0.29) is 4.88 Å². The molecular weight excluding hydrogens is 274 g/mol. The summed E-state index contributed by atoms with van der Waals surface area (Å²) in [6.07, 6.45) is 0. The summed E-state index contributed by atoms with van der Waals surface area (Å²) in [5, 5.41) is 9.91. The number of hydrogen-bond donors (Lipinski definition) is 1. The Morgan fingerprint density at radius 3 is 2.55 bits per heavy atom. The second-order valence-corrected chi connectivity index (χ2v) is 5.28. The molecule has 0 radical (unpaired) electrons. The molecule has 3 rings (SSSR count). The number of thiazole rings is 1. The molecule has 0 spiro atoms. The van der Waals surface area contributed by atoms with Crippen LogP contribution >= 0.6 is 11.3 Å². The largest absolute Gasteiger partial charge is 0.477 e. The Labute approximate surface area is 119 Å². The number of benzene rings is 1. The van der Waals surface area contributed by atoms with Crippen LogP contribution in [-0.4, -0.2) is 16.1 Å². The van der Waals surface area contributed by atoms with Crippen LogP contribution in [0.2, 0.25) is 0 Å². The van der Waals surface area contributed by atoms with E-state index < -0.39 is 5.97 Å². The Hall–Kier alpha value is -2.40. The zero-order valence-corrected chi connectivity index (χ0v) is 11.5. The molecule has 0 aliphatic heterocycles. The second-order valence-electron chi connectivity index (χ2n) is 4.28. The molecule has 0 fully saturated rings. The minimum Gasteiger partial charge on any atom is -0.477 e. The fourth-order valence-corrected chi connectivity index (χ4v) is 2.80. The molecule has 0 saturated carbocycles. The molecule has 2 aromatic heterocycles. The first kappa shape index (κ1) is 12.6. The van der Waals surface area contributed by atoms with E-state index in [1.807, 2.05) is 43.3 Å². The molecule has 3 aromatic rings. The van der Waals surface area contributed by atoms with E-state index in [1.165, 1.54) is 0 Å². The monoisotopic (exact) mass is 285 g/mol. The number of aromatic carboxylic acids is 1. The Morgan fingerprint density at radius 1 is 1.20 bits per heavy atom. The standard InChI is InChI=1S/C15H11NO3S/c1-9-7-8-11(19-9)14-16-12(13(20-14)15(17)18)10-5-3-2-4-6-10/h2-8H,1H3,(H,17,18). The van der Waals surface area contributed by atoms with Crippen molar-refractivity contribution in [2.75, 3.05) is 0 Å². The van der Waals surface area contributed by atoms with Gasteiger partial charge in [0.05, 0.1) is 5.69 Å². The van der Waals surface area contributed by atoms with E-state index >= 15 is 0 Å². The molecule has 4 nitrogen and oxygen atoms in total. The SMILES string of the molecule is Cc1ccc(-c2nc(-c3ccccc3)c(C(=O)O)s2)o1. The van der Waals surface area contributed by atoms with Crippen LogP contribution in [0.5, 0.6) is 0 Å². The van der Waals surface area contributed by atoms with Crippen LogP contribution in [0.4, 0.5) is 0 Å². The lowest BCUT2D eigenvalue weighted by Gasteiger charge is -1.97. The lowest BCUT2D eigenvalue weighted by atomic mass is 10.1. The lowest BCUT2D eigenvalue weighted by molar-refractivity contribution is 0.0702. The number of furan rings is 1. The maximum atomic E-state index is 11.4. The van der Waals surface area contributed by atoms with Crippen LogP contribution in [-0.2, 0) is 0 Å². The molecule has 1 N–H and O–H groups in total. The van der Waals surface area contributed by atoms with Gasteiger partial charge in [0.25, 0.3) is 0 Å². The average Bonchev–Trinajstić information content (AvgIpc) is 3.05. The maximum absolute atomic E-state index is 11.4. The van der Waals surface area contributed by atoms with Gasteiger partial charge in [-0.15, -0.1) is 11.3 Å². The van der Waals surface area contributed by atoms with Gasteiger partial charge in [-0.05, 0) is 19.1 Å². The van der Waals surface area contributed by atoms with Gasteiger partial charge in [0.15, 0.2) is 10.8 Å². The summed E-state index contributed by atoms with van der Waals surface area (Å²) in [6, 6.07) is 12.9. The molecule has 0 bridgehead atoms. The van der Waals surface area contributed by atoms with Crippen molar-refractivity contribution in [3.8, 4) is 22.0 Å². The number of carbonyl (C=O) groups is 1. The summed E-state index contributed by atoms with van der Waals surface area (Å²) >= 11 is 1.12. The summed E-state index contributed by atoms with van der Waals surface area (Å²) in [6.45, 7) is 1.84. The molecule has 0 saturated heterocycles. The van der Waals surface area contributed by atoms with Crippen LogP contribution in [0.15, 0.2) is 46.9 Å². The highest BCUT2D eigenvalue weighted by Crippen LogP contribution is 2.34. The van der Waals surface area contributed by atoms with Crippen LogP contribution < -0.4 is 0 Å². The number of carboxylic acids is 1. The molecule has 0 atom stereocenters. The summed E-state index contributed by atoms with van der Waals surface area (Å²) < 4.78 is 5.51. The van der Waals surface area contributed by atoms with Gasteiger partial charge in [-0.3, -0.25) is 0 Å². The molecule has 0 unspecified atom stereocenters. The van der Waals surface area contributed by atoms with E-state index in [0.717, 1.165) is 22.7 Å². The van der Waals surface area contributed by atoms with Gasteiger partial charge in [0.1, 0.15) is 10.6 Å². The van der Waals surface area contributed by atoms with Crippen molar-refractivity contribution in [2.24, 2.45) is 0 Å². The van der Waals surface area contributed by atoms with Crippen molar-refractivity contribution >= 4 is 17.3 Å². The third-order valence-electron chi connectivity index (χ3n) is 2.82. The summed E-state index contributed by atoms with van der Waals surface area (Å²) in [5.41, 5.74) is 1.27. The second kappa shape index (κ2) is 4.94. The first-order chi connectivity index (χ1) is 9.65. The predicted molar refractivity (Wildman–Crippen MR) is 76.9 cm³/mol. The van der Waals surface area contributed by atoms with Crippen LogP contribution in [0.1, 0.15) is 15.4 Å². The van der Waals surface area contributed by atoms with E-state index in [1.54, 1.807) is 6.07 Å². The van der Waals surface area contributed by atoms with Gasteiger partial charge in [0.2, 0.25) is 0 Å². The van der Waals surface area contributed by atoms with Gasteiger partial charge in [0, 0.05) is 5.56 Å². The fourth-order valence-electron chi connectivity index (χ4n) is 1.91. The summed E-state index contributed by atoms with van der Waals surface area (Å²) in [5.74, 6) is 0.390. The topological polar surface area (TPSA) is 63.3 Å². The van der Waals surface area contributed by atoms with Crippen molar-refractivity contribution in [3.63, 3.8) is 0 Å². The normalized spacial score (nSPS) is 10.7. The molecule has 0 aliphatic carbocycles. The van der Waals surface area contributed by atoms with Gasteiger partial charge in [-0.1, -0.05) is 30.3 Å². The zero-order valence-electron chi connectivity index (χ0n) is 10.7. The molecule has 0 amide bonds. The Kier molecular flexibility index (Phi) is 3.12. The van der Waals surface area contributed by atoms with Crippen molar-refractivity contribution in [1.29, 1.82) is 0 Å². The fraction of sp³-hybridized carbons (Fsp3) is 0.0667. The van der Waals surface area contributed by atoms with Crippen LogP contribution in [0.3, 0.4) is 0 Å². The number of aryl methyl sites for hydroxylation is 1. The van der Waals surface area contributed by atoms with Crippen molar-refractivity contribution in [1.82, 2.24) is 4.98 Å². The number of rotatable bonds is 3. The average molecular weight is 285 g/mol. The molecule has 0 aliphatic rings. The molecule has 5 heteroatoms. The molecule has 100 valence electrons. The van der Waals surface area contributed by atoms with Crippen LogP contribution in [0, 0.1) is 6.92 Å². The van der Waals surface area contributed by atoms with Gasteiger partial charge >= 0.3 is 5.97 Å². The third-order valence-corrected chi connectivity index (χ3v) is 3.88. The van der Waals surface area contributed by atoms with Crippen molar-refractivity contribution in [2.45, 2.75) is 6.92 Å². The van der Waals surface area contributed by atoms with Crippen molar-refractivity contribution in [3.05, 3.63) is 53.1 Å². The van der Waals surface area contributed by atoms with Gasteiger partial charge < -0.3 is 9.52 Å². The van der Waals surface area contributed by atoms with Gasteiger partial charge in [-0.25, -0.2) is 9.78 Å². The highest BCUT2D eigenvalue weighted by atomic mass is 32.1. The third kappa shape index (κ3) is 2.23. The van der Waals surface area contributed by atoms with E-state index in [0.29, 0.717) is 16.5 Å². The van der Waals surface area contributed by atoms with Crippen molar-refractivity contribution < 1.29 is 14.3 Å². The predicted octanol–water partition coefficient (Wildman–Crippen LogP) is 4.08. The lowest BCUT2D eigenvalue weighted by Crippen LogP contribution is -1.95. The molecular formula is C15H11NO3S. The summed E-state index contributed by atoms with van der Waals surface area (Å²) in [4.78, 5) is 16.0. The minimum absolute atomic E-state index is 0.222. The number of hydrogen-bond acceptors (Lipinski definition) is 4. The quantitative estimate of drug-likeness (QED) is 0.787. The summed E-state index contributed by atoms with van der Waals surface area (Å²) in [7, 11) is 0. The Morgan fingerprint density at radius 2 is 1.95 bits per heavy atom. The van der Waals surface area contributed by atoms with Crippen LogP contribution in [0.25, 0.3) is 22.0 Å². The number of nitrogens with zero attached hydrogens (tertiary/aromatic N) is 1. The number of aromatic nitrogens is 1. The molecule has 20 heavy (non-hydrogen) atoms. The Bertz CT molecular complexity index is 759. The first-order valence-electron chi connectivity index (χ1n) is 6.01. The maximum Gasteiger partial charge on any atom is 0.348 e. The van der Waals surface area contributed by atoms with E-state index in [4.69, 9.17) is 4.42 Å². The first-order valence-corrected chi connectivity index (χ1v) is 6.83. The Balaban J connectivity index is 2.15.